The van der Waals surface area contributed by atoms with Gasteiger partial charge >= 0.3 is 11.6 Å². The van der Waals surface area contributed by atoms with Gasteiger partial charge in [-0.15, -0.1) is 4.99 Å². The molecule has 6 fully saturated rings. The van der Waals surface area contributed by atoms with Crippen LogP contribution in [0.3, 0.4) is 0 Å². The minimum Gasteiger partial charge on any atom is -0.381 e. The monoisotopic (exact) mass is 785 g/mol. The highest BCUT2D eigenvalue weighted by atomic mass is 17.2. The predicted octanol–water partition coefficient (Wildman–Crippen LogP) is 6.19. The molecule has 0 bridgehead atoms. The Morgan fingerprint density at radius 3 is 1.86 bits per heavy atom. The molecule has 16 nitrogen and oxygen atoms in total. The summed E-state index contributed by atoms with van der Waals surface area (Å²) in [4.78, 5) is 24.6. The van der Waals surface area contributed by atoms with E-state index in [0.29, 0.717) is 36.5 Å². The van der Waals surface area contributed by atoms with Crippen molar-refractivity contribution in [3.8, 4) is 0 Å². The van der Waals surface area contributed by atoms with E-state index in [1.807, 2.05) is 14.2 Å². The fraction of sp³-hybridized carbons (Fsp3) is 0.950. The van der Waals surface area contributed by atoms with Crippen molar-refractivity contribution in [1.82, 2.24) is 35.5 Å². The van der Waals surface area contributed by atoms with Gasteiger partial charge in [-0.05, 0) is 128 Å². The summed E-state index contributed by atoms with van der Waals surface area (Å²) < 4.78 is 12.8. The number of rotatable bonds is 12. The third kappa shape index (κ3) is 8.69. The fourth-order valence-electron chi connectivity index (χ4n) is 11.9. The summed E-state index contributed by atoms with van der Waals surface area (Å²) in [5, 5.41) is 41.6. The van der Waals surface area contributed by atoms with E-state index in [9.17, 15) is 10.1 Å². The second kappa shape index (κ2) is 18.5. The zero-order valence-corrected chi connectivity index (χ0v) is 33.9. The van der Waals surface area contributed by atoms with E-state index in [4.69, 9.17) is 35.1 Å². The van der Waals surface area contributed by atoms with Crippen molar-refractivity contribution >= 4 is 0 Å². The molecule has 6 atom stereocenters. The Balaban J connectivity index is 0.975. The summed E-state index contributed by atoms with van der Waals surface area (Å²) in [5.41, 5.74) is 2.75. The maximum absolute atomic E-state index is 11.6. The first-order chi connectivity index (χ1) is 27.4. The Kier molecular flexibility index (Phi) is 13.3. The van der Waals surface area contributed by atoms with Gasteiger partial charge in [-0.1, -0.05) is 48.1 Å². The maximum Gasteiger partial charge on any atom is 0.311 e. The van der Waals surface area contributed by atoms with Crippen LogP contribution < -0.4 is 15.1 Å². The number of hydroxylamine groups is 1. The average molecular weight is 785 g/mol. The quantitative estimate of drug-likeness (QED) is 0.109. The van der Waals surface area contributed by atoms with E-state index in [1.165, 1.54) is 51.4 Å². The summed E-state index contributed by atoms with van der Waals surface area (Å²) in [6, 6.07) is 0.396. The molecule has 6 aliphatic rings. The number of hydrogen-bond acceptors (Lipinski definition) is 11. The van der Waals surface area contributed by atoms with Gasteiger partial charge in [0.15, 0.2) is 6.04 Å². The van der Waals surface area contributed by atoms with Gasteiger partial charge in [0.2, 0.25) is 6.04 Å². The molecule has 6 unspecified atom stereocenters. The molecule has 8 rings (SSSR count). The molecular formula is C40H68N10O6+2. The van der Waals surface area contributed by atoms with Crippen LogP contribution in [0.2, 0.25) is 0 Å². The number of nitro groups is 1. The largest absolute Gasteiger partial charge is 0.381 e. The zero-order chi connectivity index (χ0) is 38.6. The van der Waals surface area contributed by atoms with Crippen LogP contribution in [0.1, 0.15) is 202 Å². The van der Waals surface area contributed by atoms with Crippen LogP contribution in [0.4, 0.5) is 0 Å². The smallest absolute Gasteiger partial charge is 0.311 e. The molecule has 56 heavy (non-hydrogen) atoms. The third-order valence-corrected chi connectivity index (χ3v) is 15.2. The van der Waals surface area contributed by atoms with E-state index in [1.54, 1.807) is 0 Å². The van der Waals surface area contributed by atoms with Crippen LogP contribution in [0.25, 0.3) is 0 Å². The van der Waals surface area contributed by atoms with E-state index < -0.39 is 6.04 Å². The van der Waals surface area contributed by atoms with Crippen molar-refractivity contribution in [2.45, 2.75) is 214 Å². The van der Waals surface area contributed by atoms with Gasteiger partial charge in [0, 0.05) is 44.4 Å². The lowest BCUT2D eigenvalue weighted by atomic mass is 9.69. The average Bonchev–Trinajstić information content (AvgIpc) is 3.91. The van der Waals surface area contributed by atoms with E-state index in [2.05, 4.69) is 29.7 Å². The van der Waals surface area contributed by atoms with Crippen LogP contribution in [0.5, 0.6) is 0 Å². The molecule has 6 saturated carbocycles. The highest BCUT2D eigenvalue weighted by Gasteiger charge is 2.48. The van der Waals surface area contributed by atoms with Crippen molar-refractivity contribution in [2.75, 3.05) is 14.2 Å². The van der Waals surface area contributed by atoms with E-state index >= 15 is 0 Å². The Morgan fingerprint density at radius 1 is 0.679 bits per heavy atom. The van der Waals surface area contributed by atoms with Crippen LogP contribution in [-0.2, 0) is 14.5 Å². The topological polar surface area (TPSA) is 172 Å². The molecule has 6 aliphatic carbocycles. The lowest BCUT2D eigenvalue weighted by Gasteiger charge is -2.42. The third-order valence-electron chi connectivity index (χ3n) is 15.2. The SMILES string of the molecule is COC1CC(n2nc(C3CCCCC3)n[n+]2C2CCC(NOO)CC2)CCC1C1CCC([n+]2nc(C3CCCCC3)nn2C2CCC([N+](=O)[O-])CC2)C(OC)C1. The number of nitrogens with zero attached hydrogens (tertiary/aromatic N) is 9. The summed E-state index contributed by atoms with van der Waals surface area (Å²) >= 11 is 0. The zero-order valence-electron chi connectivity index (χ0n) is 33.9. The second-order valence-electron chi connectivity index (χ2n) is 18.3. The molecule has 312 valence electrons. The summed E-state index contributed by atoms with van der Waals surface area (Å²) in [6.07, 6.45) is 24.8. The Labute approximate surface area is 331 Å². The lowest BCUT2D eigenvalue weighted by molar-refractivity contribution is -0.859. The molecule has 2 heterocycles. The molecule has 2 N–H and O–H groups in total. The first kappa shape index (κ1) is 40.1. The molecule has 16 heteroatoms. The van der Waals surface area contributed by atoms with Gasteiger partial charge in [0.25, 0.3) is 0 Å². The van der Waals surface area contributed by atoms with Crippen LogP contribution in [0.15, 0.2) is 0 Å². The number of ether oxygens (including phenoxy) is 2. The van der Waals surface area contributed by atoms with Gasteiger partial charge in [0.05, 0.1) is 28.1 Å². The molecule has 0 spiro atoms. The lowest BCUT2D eigenvalue weighted by Crippen LogP contribution is -2.58. The van der Waals surface area contributed by atoms with Crippen LogP contribution in [-0.4, -0.2) is 78.7 Å². The number of nitrogens with one attached hydrogen (secondary N) is 1. The van der Waals surface area contributed by atoms with E-state index in [0.717, 1.165) is 102 Å². The van der Waals surface area contributed by atoms with Gasteiger partial charge in [-0.3, -0.25) is 10.1 Å². The molecule has 0 amide bonds. The van der Waals surface area contributed by atoms with E-state index in [-0.39, 0.29) is 47.3 Å². The molecule has 2 aromatic heterocycles. The standard InChI is InChI=1S/C40H67N10O6/c1-54-37-26-34(48-43-39(27-9-5-3-6-10-27)41-46(48)31-16-14-30(15-17-31)45-56-53)22-23-35(37)29-13-24-36(38(25-29)55-2)49-44-40(28-11-7-4-8-12-28)42-47(49)32-18-20-33(21-19-32)50(51)52/h27-38,45H,3-26H2,1-2H3/q+1/p+1. The van der Waals surface area contributed by atoms with Crippen molar-refractivity contribution in [3.63, 3.8) is 0 Å². The van der Waals surface area contributed by atoms with Crippen molar-refractivity contribution < 1.29 is 34.2 Å². The van der Waals surface area contributed by atoms with Crippen molar-refractivity contribution in [3.05, 3.63) is 21.8 Å². The molecule has 0 saturated heterocycles. The minimum atomic E-state index is -0.453. The molecule has 0 aliphatic heterocycles. The first-order valence-electron chi connectivity index (χ1n) is 22.5. The Morgan fingerprint density at radius 2 is 1.27 bits per heavy atom. The van der Waals surface area contributed by atoms with Gasteiger partial charge in [0.1, 0.15) is 24.2 Å². The normalized spacial score (nSPS) is 35.4. The van der Waals surface area contributed by atoms with Crippen LogP contribution in [0, 0.1) is 22.0 Å². The number of tetrazole rings is 2. The molecule has 0 radical (unpaired) electrons. The molecular weight excluding hydrogens is 717 g/mol. The Hall–Kier alpha value is -2.66. The predicted molar refractivity (Wildman–Crippen MR) is 203 cm³/mol. The number of methoxy groups -OCH3 is 2. The maximum atomic E-state index is 11.6. The summed E-state index contributed by atoms with van der Waals surface area (Å²) in [7, 11) is 3.74. The van der Waals surface area contributed by atoms with Gasteiger partial charge in [-0.25, -0.2) is 5.26 Å². The number of aromatic nitrogens is 8. The van der Waals surface area contributed by atoms with Gasteiger partial charge < -0.3 is 9.47 Å². The molecule has 2 aromatic rings. The second-order valence-corrected chi connectivity index (χ2v) is 18.3. The Bertz CT molecular complexity index is 1560. The first-order valence-corrected chi connectivity index (χ1v) is 22.5. The summed E-state index contributed by atoms with van der Waals surface area (Å²) in [5.74, 6) is 3.70. The van der Waals surface area contributed by atoms with Crippen molar-refractivity contribution in [2.24, 2.45) is 11.8 Å². The highest BCUT2D eigenvalue weighted by Crippen LogP contribution is 2.45. The summed E-state index contributed by atoms with van der Waals surface area (Å²) in [6.45, 7) is 0. The van der Waals surface area contributed by atoms with Gasteiger partial charge in [-0.2, -0.15) is 5.48 Å². The van der Waals surface area contributed by atoms with Crippen molar-refractivity contribution in [1.29, 1.82) is 0 Å². The minimum absolute atomic E-state index is 0.00243. The van der Waals surface area contributed by atoms with Crippen LogP contribution >= 0.6 is 0 Å². The fourth-order valence-corrected chi connectivity index (χ4v) is 11.9. The highest BCUT2D eigenvalue weighted by molar-refractivity contribution is 4.95. The number of hydrogen-bond donors (Lipinski definition) is 2. The molecule has 0 aromatic carbocycles.